The predicted octanol–water partition coefficient (Wildman–Crippen LogP) is 2.93. The molecule has 2 N–H and O–H groups in total. The fraction of sp³-hybridized carbons (Fsp3) is 0.600. The van der Waals surface area contributed by atoms with Gasteiger partial charge in [0.1, 0.15) is 0 Å². The van der Waals surface area contributed by atoms with E-state index in [9.17, 15) is 4.79 Å². The van der Waals surface area contributed by atoms with Gasteiger partial charge in [-0.1, -0.05) is 26.8 Å². The van der Waals surface area contributed by atoms with Crippen LogP contribution in [0.25, 0.3) is 0 Å². The lowest BCUT2D eigenvalue weighted by Gasteiger charge is -2.21. The maximum Gasteiger partial charge on any atom is 0.229 e. The molecule has 0 saturated carbocycles. The van der Waals surface area contributed by atoms with Gasteiger partial charge >= 0.3 is 0 Å². The van der Waals surface area contributed by atoms with Crippen molar-refractivity contribution in [1.82, 2.24) is 10.2 Å². The van der Waals surface area contributed by atoms with Crippen molar-refractivity contribution >= 4 is 11.6 Å². The first-order chi connectivity index (χ1) is 8.57. The molecule has 0 aromatic rings. The van der Waals surface area contributed by atoms with Crippen LogP contribution < -0.4 is 5.32 Å². The number of rotatable bonds is 5. The zero-order chi connectivity index (χ0) is 15.2. The highest BCUT2D eigenvalue weighted by molar-refractivity contribution is 5.95. The molecule has 0 saturated heterocycles. The lowest BCUT2D eigenvalue weighted by atomic mass is 9.96. The van der Waals surface area contributed by atoms with Crippen LogP contribution >= 0.6 is 0 Å². The van der Waals surface area contributed by atoms with Gasteiger partial charge in [0.2, 0.25) is 5.91 Å². The van der Waals surface area contributed by atoms with Gasteiger partial charge in [-0.3, -0.25) is 4.79 Å². The molecule has 0 aliphatic rings. The molecule has 19 heavy (non-hydrogen) atoms. The second-order valence-corrected chi connectivity index (χ2v) is 5.87. The molecule has 0 aromatic heterocycles. The summed E-state index contributed by atoms with van der Waals surface area (Å²) in [7, 11) is 1.93. The van der Waals surface area contributed by atoms with E-state index in [1.54, 1.807) is 6.92 Å². The smallest absolute Gasteiger partial charge is 0.229 e. The molecule has 4 nitrogen and oxygen atoms in total. The summed E-state index contributed by atoms with van der Waals surface area (Å²) in [6.07, 6.45) is 3.83. The second-order valence-electron chi connectivity index (χ2n) is 5.87. The minimum absolute atomic E-state index is 0.00383. The molecule has 108 valence electrons. The number of carbonyl (C=O) groups excluding carboxylic acids is 1. The van der Waals surface area contributed by atoms with Crippen molar-refractivity contribution in [1.29, 1.82) is 5.41 Å². The summed E-state index contributed by atoms with van der Waals surface area (Å²) >= 11 is 0. The molecule has 0 radical (unpaired) electrons. The van der Waals surface area contributed by atoms with Gasteiger partial charge in [-0.15, -0.1) is 0 Å². The summed E-state index contributed by atoms with van der Waals surface area (Å²) in [5, 5.41) is 10.5. The van der Waals surface area contributed by atoms with Gasteiger partial charge in [-0.2, -0.15) is 0 Å². The van der Waals surface area contributed by atoms with Gasteiger partial charge in [0.15, 0.2) is 0 Å². The van der Waals surface area contributed by atoms with Gasteiger partial charge in [-0.05, 0) is 26.3 Å². The number of amides is 1. The molecule has 4 heteroatoms. The standard InChI is InChI=1S/C15H27N3O/c1-8-13(12(3)16)10-18(7)9-11(2)17-14(19)15(4,5)6/h8-9,16H,10H2,1-7H3,(H,17,19)/b11-9+,13-8-,16-12?. The Balaban J connectivity index is 4.61. The number of carbonyl (C=O) groups is 1. The first-order valence-electron chi connectivity index (χ1n) is 6.48. The first kappa shape index (κ1) is 17.4. The Hall–Kier alpha value is -1.58. The Morgan fingerprint density at radius 3 is 2.21 bits per heavy atom. The second kappa shape index (κ2) is 7.12. The van der Waals surface area contributed by atoms with Gasteiger partial charge < -0.3 is 15.6 Å². The molecule has 0 aliphatic heterocycles. The molecular formula is C15H27N3O. The molecule has 0 aromatic carbocycles. The molecule has 0 unspecified atom stereocenters. The maximum atomic E-state index is 11.8. The summed E-state index contributed by atoms with van der Waals surface area (Å²) in [5.41, 5.74) is 1.96. The number of likely N-dealkylation sites (N-methyl/N-ethyl adjacent to an activating group) is 1. The number of nitrogens with zero attached hydrogens (tertiary/aromatic N) is 1. The normalized spacial score (nSPS) is 13.2. The van der Waals surface area contributed by atoms with Crippen LogP contribution in [0.5, 0.6) is 0 Å². The monoisotopic (exact) mass is 265 g/mol. The van der Waals surface area contributed by atoms with Crippen molar-refractivity contribution in [3.05, 3.63) is 23.5 Å². The number of hydrogen-bond donors (Lipinski definition) is 2. The Bertz CT molecular complexity index is 400. The third-order valence-corrected chi connectivity index (χ3v) is 2.66. The van der Waals surface area contributed by atoms with Gasteiger partial charge in [0.05, 0.1) is 0 Å². The Morgan fingerprint density at radius 1 is 1.32 bits per heavy atom. The minimum Gasteiger partial charge on any atom is -0.375 e. The third-order valence-electron chi connectivity index (χ3n) is 2.66. The predicted molar refractivity (Wildman–Crippen MR) is 81.1 cm³/mol. The Kier molecular flexibility index (Phi) is 6.53. The van der Waals surface area contributed by atoms with E-state index < -0.39 is 5.41 Å². The van der Waals surface area contributed by atoms with Crippen LogP contribution in [-0.4, -0.2) is 30.1 Å². The number of allylic oxidation sites excluding steroid dienone is 2. The Morgan fingerprint density at radius 2 is 1.84 bits per heavy atom. The molecule has 1 amide bonds. The lowest BCUT2D eigenvalue weighted by Crippen LogP contribution is -2.34. The fourth-order valence-electron chi connectivity index (χ4n) is 1.47. The fourth-order valence-corrected chi connectivity index (χ4v) is 1.47. The molecule has 0 bridgehead atoms. The van der Waals surface area contributed by atoms with Crippen molar-refractivity contribution in [2.45, 2.75) is 41.5 Å². The van der Waals surface area contributed by atoms with Crippen LogP contribution in [-0.2, 0) is 4.79 Å². The van der Waals surface area contributed by atoms with Crippen molar-refractivity contribution < 1.29 is 4.79 Å². The molecule has 0 heterocycles. The maximum absolute atomic E-state index is 11.8. The van der Waals surface area contributed by atoms with Crippen LogP contribution in [0.2, 0.25) is 0 Å². The van der Waals surface area contributed by atoms with Gasteiger partial charge in [-0.25, -0.2) is 0 Å². The molecular weight excluding hydrogens is 238 g/mol. The molecule has 0 fully saturated rings. The van der Waals surface area contributed by atoms with Crippen LogP contribution in [0, 0.1) is 10.8 Å². The zero-order valence-electron chi connectivity index (χ0n) is 13.2. The van der Waals surface area contributed by atoms with Crippen molar-refractivity contribution in [2.24, 2.45) is 5.41 Å². The van der Waals surface area contributed by atoms with E-state index >= 15 is 0 Å². The molecule has 0 spiro atoms. The Labute approximate surface area is 117 Å². The summed E-state index contributed by atoms with van der Waals surface area (Å²) in [6.45, 7) is 11.9. The molecule has 0 atom stereocenters. The average Bonchev–Trinajstić information content (AvgIpc) is 2.23. The zero-order valence-corrected chi connectivity index (χ0v) is 13.2. The van der Waals surface area contributed by atoms with Gasteiger partial charge in [0, 0.05) is 36.6 Å². The van der Waals surface area contributed by atoms with E-state index in [0.717, 1.165) is 11.3 Å². The minimum atomic E-state index is -0.395. The van der Waals surface area contributed by atoms with Crippen molar-refractivity contribution in [3.63, 3.8) is 0 Å². The lowest BCUT2D eigenvalue weighted by molar-refractivity contribution is -0.127. The number of hydrogen-bond acceptors (Lipinski definition) is 3. The number of nitrogens with one attached hydrogen (secondary N) is 2. The van der Waals surface area contributed by atoms with Gasteiger partial charge in [0.25, 0.3) is 0 Å². The average molecular weight is 265 g/mol. The van der Waals surface area contributed by atoms with Crippen molar-refractivity contribution in [2.75, 3.05) is 13.6 Å². The highest BCUT2D eigenvalue weighted by atomic mass is 16.2. The van der Waals surface area contributed by atoms with E-state index in [4.69, 9.17) is 5.41 Å². The van der Waals surface area contributed by atoms with E-state index in [0.29, 0.717) is 12.3 Å². The van der Waals surface area contributed by atoms with Crippen LogP contribution in [0.3, 0.4) is 0 Å². The molecule has 0 aliphatic carbocycles. The van der Waals surface area contributed by atoms with Crippen LogP contribution in [0.15, 0.2) is 23.5 Å². The summed E-state index contributed by atoms with van der Waals surface area (Å²) in [4.78, 5) is 13.8. The quantitative estimate of drug-likeness (QED) is 0.751. The molecule has 0 rings (SSSR count). The van der Waals surface area contributed by atoms with E-state index in [1.165, 1.54) is 0 Å². The van der Waals surface area contributed by atoms with E-state index in [2.05, 4.69) is 5.32 Å². The summed E-state index contributed by atoms with van der Waals surface area (Å²) in [5.74, 6) is 0.00383. The highest BCUT2D eigenvalue weighted by Crippen LogP contribution is 2.13. The highest BCUT2D eigenvalue weighted by Gasteiger charge is 2.20. The van der Waals surface area contributed by atoms with Crippen LogP contribution in [0.4, 0.5) is 0 Å². The summed E-state index contributed by atoms with van der Waals surface area (Å²) < 4.78 is 0. The third kappa shape index (κ3) is 6.79. The van der Waals surface area contributed by atoms with E-state index in [-0.39, 0.29) is 5.91 Å². The van der Waals surface area contributed by atoms with Crippen molar-refractivity contribution in [3.8, 4) is 0 Å². The topological polar surface area (TPSA) is 56.2 Å². The van der Waals surface area contributed by atoms with Crippen LogP contribution in [0.1, 0.15) is 41.5 Å². The van der Waals surface area contributed by atoms with E-state index in [1.807, 2.05) is 58.8 Å². The first-order valence-corrected chi connectivity index (χ1v) is 6.48. The SMILES string of the molecule is C/C=C(/CN(C)/C=C(\C)NC(=O)C(C)(C)C)C(C)=N. The largest absolute Gasteiger partial charge is 0.375 e. The summed E-state index contributed by atoms with van der Waals surface area (Å²) in [6, 6.07) is 0.